The van der Waals surface area contributed by atoms with E-state index in [2.05, 4.69) is 10.1 Å². The largest absolute Gasteiger partial charge is 0.393 e. The van der Waals surface area contributed by atoms with Gasteiger partial charge in [0.25, 0.3) is 5.69 Å². The summed E-state index contributed by atoms with van der Waals surface area (Å²) in [6.07, 6.45) is 0.950. The van der Waals surface area contributed by atoms with Crippen molar-refractivity contribution in [2.75, 3.05) is 0 Å². The summed E-state index contributed by atoms with van der Waals surface area (Å²) in [4.78, 5) is 14.5. The maximum absolute atomic E-state index is 10.7. The SMILES string of the molecule is O=[N+]([O-])c1cccc(-c2noc(C3CC(O)C3)n2)c1. The molecule has 0 amide bonds. The van der Waals surface area contributed by atoms with Crippen LogP contribution >= 0.6 is 0 Å². The molecule has 1 aromatic carbocycles. The van der Waals surface area contributed by atoms with Gasteiger partial charge in [-0.05, 0) is 12.8 Å². The van der Waals surface area contributed by atoms with Crippen LogP contribution in [0.5, 0.6) is 0 Å². The van der Waals surface area contributed by atoms with E-state index in [9.17, 15) is 15.2 Å². The molecule has 0 unspecified atom stereocenters. The zero-order valence-electron chi connectivity index (χ0n) is 9.89. The summed E-state index contributed by atoms with van der Waals surface area (Å²) in [7, 11) is 0. The molecule has 1 saturated carbocycles. The zero-order chi connectivity index (χ0) is 13.4. The number of nitro groups is 1. The van der Waals surface area contributed by atoms with Crippen LogP contribution in [0.4, 0.5) is 5.69 Å². The minimum Gasteiger partial charge on any atom is -0.393 e. The molecule has 0 bridgehead atoms. The molecule has 0 saturated heterocycles. The Morgan fingerprint density at radius 1 is 1.42 bits per heavy atom. The summed E-state index contributed by atoms with van der Waals surface area (Å²) >= 11 is 0. The van der Waals surface area contributed by atoms with Crippen molar-refractivity contribution in [1.29, 1.82) is 0 Å². The number of rotatable bonds is 3. The highest BCUT2D eigenvalue weighted by atomic mass is 16.6. The van der Waals surface area contributed by atoms with Crippen molar-refractivity contribution in [2.45, 2.75) is 24.9 Å². The number of aliphatic hydroxyl groups is 1. The van der Waals surface area contributed by atoms with Gasteiger partial charge in [-0.3, -0.25) is 10.1 Å². The van der Waals surface area contributed by atoms with E-state index >= 15 is 0 Å². The number of nitrogens with zero attached hydrogens (tertiary/aromatic N) is 3. The first kappa shape index (κ1) is 11.8. The van der Waals surface area contributed by atoms with Gasteiger partial charge >= 0.3 is 0 Å². The quantitative estimate of drug-likeness (QED) is 0.668. The van der Waals surface area contributed by atoms with Gasteiger partial charge in [0.1, 0.15) is 0 Å². The van der Waals surface area contributed by atoms with E-state index in [0.717, 1.165) is 0 Å². The summed E-state index contributed by atoms with van der Waals surface area (Å²) in [5.74, 6) is 0.904. The van der Waals surface area contributed by atoms with E-state index in [1.165, 1.54) is 12.1 Å². The average Bonchev–Trinajstić information content (AvgIpc) is 2.84. The Morgan fingerprint density at radius 2 is 2.21 bits per heavy atom. The lowest BCUT2D eigenvalue weighted by atomic mass is 9.82. The molecule has 2 aromatic rings. The van der Waals surface area contributed by atoms with Crippen molar-refractivity contribution in [3.05, 3.63) is 40.3 Å². The summed E-state index contributed by atoms with van der Waals surface area (Å²) in [5, 5.41) is 23.8. The Hall–Kier alpha value is -2.28. The van der Waals surface area contributed by atoms with E-state index in [1.54, 1.807) is 12.1 Å². The minimum atomic E-state index is -0.465. The third-order valence-electron chi connectivity index (χ3n) is 3.22. The van der Waals surface area contributed by atoms with Gasteiger partial charge < -0.3 is 9.63 Å². The summed E-state index contributed by atoms with van der Waals surface area (Å²) in [6.45, 7) is 0. The molecule has 7 heteroatoms. The zero-order valence-corrected chi connectivity index (χ0v) is 9.89. The predicted molar refractivity (Wildman–Crippen MR) is 64.4 cm³/mol. The van der Waals surface area contributed by atoms with Crippen LogP contribution in [0.2, 0.25) is 0 Å². The topological polar surface area (TPSA) is 102 Å². The monoisotopic (exact) mass is 261 g/mol. The fourth-order valence-corrected chi connectivity index (χ4v) is 2.07. The van der Waals surface area contributed by atoms with Crippen LogP contribution in [0.3, 0.4) is 0 Å². The number of nitro benzene ring substituents is 1. The fraction of sp³-hybridized carbons (Fsp3) is 0.333. The van der Waals surface area contributed by atoms with Crippen LogP contribution in [0.25, 0.3) is 11.4 Å². The summed E-state index contributed by atoms with van der Waals surface area (Å²) in [5.41, 5.74) is 0.534. The van der Waals surface area contributed by atoms with Crippen LogP contribution in [-0.4, -0.2) is 26.3 Å². The molecule has 0 radical (unpaired) electrons. The lowest BCUT2D eigenvalue weighted by Crippen LogP contribution is -2.26. The van der Waals surface area contributed by atoms with Gasteiger partial charge in [-0.2, -0.15) is 4.98 Å². The number of benzene rings is 1. The molecule has 1 aliphatic rings. The molecular weight excluding hydrogens is 250 g/mol. The summed E-state index contributed by atoms with van der Waals surface area (Å²) in [6, 6.07) is 6.09. The second-order valence-electron chi connectivity index (χ2n) is 4.59. The number of aliphatic hydroxyl groups excluding tert-OH is 1. The van der Waals surface area contributed by atoms with Crippen LogP contribution in [0.15, 0.2) is 28.8 Å². The van der Waals surface area contributed by atoms with Gasteiger partial charge in [-0.1, -0.05) is 17.3 Å². The fourth-order valence-electron chi connectivity index (χ4n) is 2.07. The Morgan fingerprint density at radius 3 is 2.89 bits per heavy atom. The number of aromatic nitrogens is 2. The van der Waals surface area contributed by atoms with Gasteiger partial charge in [0.05, 0.1) is 11.0 Å². The van der Waals surface area contributed by atoms with Gasteiger partial charge in [0.15, 0.2) is 0 Å². The molecule has 0 aliphatic heterocycles. The molecule has 0 atom stereocenters. The Labute approximate surface area is 108 Å². The van der Waals surface area contributed by atoms with E-state index in [4.69, 9.17) is 4.52 Å². The van der Waals surface area contributed by atoms with E-state index in [-0.39, 0.29) is 17.7 Å². The number of hydrogen-bond donors (Lipinski definition) is 1. The van der Waals surface area contributed by atoms with Crippen molar-refractivity contribution < 1.29 is 14.6 Å². The lowest BCUT2D eigenvalue weighted by Gasteiger charge is -2.27. The molecule has 3 rings (SSSR count). The highest BCUT2D eigenvalue weighted by Gasteiger charge is 2.33. The van der Waals surface area contributed by atoms with Crippen LogP contribution in [0.1, 0.15) is 24.7 Å². The Bertz CT molecular complexity index is 619. The molecule has 1 heterocycles. The standard InChI is InChI=1S/C12H11N3O4/c16-10-5-8(6-10)12-13-11(14-19-12)7-2-1-3-9(4-7)15(17)18/h1-4,8,10,16H,5-6H2. The Balaban J connectivity index is 1.86. The van der Waals surface area contributed by atoms with Gasteiger partial charge in [0.2, 0.25) is 11.7 Å². The first-order valence-electron chi connectivity index (χ1n) is 5.90. The van der Waals surface area contributed by atoms with Crippen LogP contribution in [-0.2, 0) is 0 Å². The highest BCUT2D eigenvalue weighted by Crippen LogP contribution is 2.36. The number of non-ortho nitro benzene ring substituents is 1. The minimum absolute atomic E-state index is 0.0112. The molecule has 1 fully saturated rings. The molecule has 98 valence electrons. The first-order valence-corrected chi connectivity index (χ1v) is 5.90. The molecule has 1 N–H and O–H groups in total. The molecule has 1 aliphatic carbocycles. The Kier molecular flexibility index (Phi) is 2.75. The van der Waals surface area contributed by atoms with Gasteiger partial charge in [0, 0.05) is 23.6 Å². The predicted octanol–water partition coefficient (Wildman–Crippen LogP) is 1.88. The molecule has 1 aromatic heterocycles. The number of hydrogen-bond acceptors (Lipinski definition) is 6. The van der Waals surface area contributed by atoms with Crippen LogP contribution in [0, 0.1) is 10.1 Å². The van der Waals surface area contributed by atoms with Gasteiger partial charge in [-0.25, -0.2) is 0 Å². The molecular formula is C12H11N3O4. The van der Waals surface area contributed by atoms with Crippen molar-refractivity contribution in [1.82, 2.24) is 10.1 Å². The van der Waals surface area contributed by atoms with Crippen molar-refractivity contribution in [3.63, 3.8) is 0 Å². The molecule has 19 heavy (non-hydrogen) atoms. The van der Waals surface area contributed by atoms with Crippen molar-refractivity contribution in [3.8, 4) is 11.4 Å². The lowest BCUT2D eigenvalue weighted by molar-refractivity contribution is -0.384. The second-order valence-corrected chi connectivity index (χ2v) is 4.59. The maximum Gasteiger partial charge on any atom is 0.270 e. The van der Waals surface area contributed by atoms with Crippen molar-refractivity contribution in [2.24, 2.45) is 0 Å². The molecule has 0 spiro atoms. The smallest absolute Gasteiger partial charge is 0.270 e. The summed E-state index contributed by atoms with van der Waals surface area (Å²) < 4.78 is 5.13. The normalized spacial score (nSPS) is 21.9. The second kappa shape index (κ2) is 4.43. The van der Waals surface area contributed by atoms with Crippen molar-refractivity contribution >= 4 is 5.69 Å². The first-order chi connectivity index (χ1) is 9.13. The van der Waals surface area contributed by atoms with E-state index in [0.29, 0.717) is 30.1 Å². The third kappa shape index (κ3) is 2.19. The average molecular weight is 261 g/mol. The maximum atomic E-state index is 10.7. The van der Waals surface area contributed by atoms with E-state index < -0.39 is 4.92 Å². The van der Waals surface area contributed by atoms with Crippen LogP contribution < -0.4 is 0 Å². The molecule has 7 nitrogen and oxygen atoms in total. The highest BCUT2D eigenvalue weighted by molar-refractivity contribution is 5.58. The third-order valence-corrected chi connectivity index (χ3v) is 3.22. The van der Waals surface area contributed by atoms with Gasteiger partial charge in [-0.15, -0.1) is 0 Å². The van der Waals surface area contributed by atoms with E-state index in [1.807, 2.05) is 0 Å².